The van der Waals surface area contributed by atoms with Crippen molar-refractivity contribution in [2.75, 3.05) is 4.90 Å². The Bertz CT molecular complexity index is 3870. The number of nitrogens with zero attached hydrogens (tertiary/aromatic N) is 1. The fraction of sp³-hybridized carbons (Fsp3) is 0. The molecule has 13 rings (SSSR count). The number of rotatable bonds is 6. The van der Waals surface area contributed by atoms with Gasteiger partial charge >= 0.3 is 0 Å². The van der Waals surface area contributed by atoms with Crippen LogP contribution in [-0.4, -0.2) is 0 Å². The summed E-state index contributed by atoms with van der Waals surface area (Å²) in [6.45, 7) is 0. The number of thiophene rings is 1. The van der Waals surface area contributed by atoms with Gasteiger partial charge in [-0.1, -0.05) is 140 Å². The van der Waals surface area contributed by atoms with Gasteiger partial charge in [-0.05, 0) is 111 Å². The lowest BCUT2D eigenvalue weighted by Crippen LogP contribution is -2.11. The third-order valence-electron chi connectivity index (χ3n) is 12.5. The molecule has 0 fully saturated rings. The number of hydrogen-bond donors (Lipinski definition) is 0. The highest BCUT2D eigenvalue weighted by Gasteiger charge is 2.20. The molecule has 0 amide bonds. The van der Waals surface area contributed by atoms with E-state index in [1.54, 1.807) is 0 Å². The van der Waals surface area contributed by atoms with Gasteiger partial charge in [-0.15, -0.1) is 11.3 Å². The van der Waals surface area contributed by atoms with Crippen molar-refractivity contribution in [2.45, 2.75) is 0 Å². The number of furan rings is 2. The van der Waals surface area contributed by atoms with E-state index in [0.29, 0.717) is 0 Å². The average Bonchev–Trinajstić information content (AvgIpc) is 4.02. The Kier molecular flexibility index (Phi) is 7.78. The van der Waals surface area contributed by atoms with E-state index in [0.717, 1.165) is 83.2 Å². The van der Waals surface area contributed by atoms with E-state index in [2.05, 4.69) is 205 Å². The smallest absolute Gasteiger partial charge is 0.136 e. The molecular weight excluding hydrogens is 775 g/mol. The minimum absolute atomic E-state index is 0.883. The van der Waals surface area contributed by atoms with E-state index in [1.165, 1.54) is 42.1 Å². The topological polar surface area (TPSA) is 29.5 Å². The van der Waals surface area contributed by atoms with Crippen molar-refractivity contribution >= 4 is 103 Å². The Hall–Kier alpha value is -7.92. The number of anilines is 3. The molecule has 0 saturated carbocycles. The third-order valence-corrected chi connectivity index (χ3v) is 13.7. The van der Waals surface area contributed by atoms with E-state index < -0.39 is 0 Å². The highest BCUT2D eigenvalue weighted by Crippen LogP contribution is 2.46. The van der Waals surface area contributed by atoms with Crippen molar-refractivity contribution in [1.82, 2.24) is 0 Å². The lowest BCUT2D eigenvalue weighted by atomic mass is 9.97. The molecule has 0 unspecified atom stereocenters. The largest absolute Gasteiger partial charge is 0.456 e. The second-order valence-electron chi connectivity index (χ2n) is 16.0. The van der Waals surface area contributed by atoms with E-state index in [1.807, 2.05) is 23.5 Å². The summed E-state index contributed by atoms with van der Waals surface area (Å²) in [6, 6.07) is 76.3. The standard InChI is InChI=1S/C58H35NO2S/c1-2-12-39-35-55-50(33-38(39)11-1)49-34-40(27-32-53(49)61-55)43-13-3-6-19-51(43)59(41-28-23-36(24-29-41)44-16-10-21-54-57(44)48-15-4-7-20-52(48)60-54)42-30-25-37(26-31-42)45-17-9-18-47-46-14-5-8-22-56(46)62-58(45)47/h1-35H. The Morgan fingerprint density at radius 2 is 0.903 bits per heavy atom. The van der Waals surface area contributed by atoms with Crippen molar-refractivity contribution < 1.29 is 8.83 Å². The van der Waals surface area contributed by atoms with E-state index in [4.69, 9.17) is 8.83 Å². The molecule has 0 bridgehead atoms. The van der Waals surface area contributed by atoms with Gasteiger partial charge in [-0.3, -0.25) is 0 Å². The SMILES string of the molecule is c1ccc(N(c2ccc(-c3cccc4c3sc3ccccc34)cc2)c2ccc(-c3cccc4oc5ccccc5c34)cc2)c(-c2ccc3oc4cc5ccccc5cc4c3c2)c1. The van der Waals surface area contributed by atoms with Crippen molar-refractivity contribution in [3.05, 3.63) is 212 Å². The predicted octanol–water partition coefficient (Wildman–Crippen LogP) is 17.5. The van der Waals surface area contributed by atoms with Gasteiger partial charge in [0.15, 0.2) is 0 Å². The number of para-hydroxylation sites is 2. The van der Waals surface area contributed by atoms with Gasteiger partial charge in [-0.25, -0.2) is 0 Å². The lowest BCUT2D eigenvalue weighted by molar-refractivity contribution is 0.669. The number of benzene rings is 10. The van der Waals surface area contributed by atoms with Crippen LogP contribution < -0.4 is 4.90 Å². The molecule has 4 heteroatoms. The maximum absolute atomic E-state index is 6.44. The predicted molar refractivity (Wildman–Crippen MR) is 262 cm³/mol. The van der Waals surface area contributed by atoms with Crippen molar-refractivity contribution in [3.63, 3.8) is 0 Å². The minimum Gasteiger partial charge on any atom is -0.456 e. The van der Waals surface area contributed by atoms with Gasteiger partial charge < -0.3 is 13.7 Å². The van der Waals surface area contributed by atoms with Crippen LogP contribution in [0.1, 0.15) is 0 Å². The first-order valence-corrected chi connectivity index (χ1v) is 21.8. The molecule has 0 saturated heterocycles. The van der Waals surface area contributed by atoms with Crippen LogP contribution >= 0.6 is 11.3 Å². The van der Waals surface area contributed by atoms with Crippen LogP contribution in [-0.2, 0) is 0 Å². The summed E-state index contributed by atoms with van der Waals surface area (Å²) < 4.78 is 15.3. The Labute approximate surface area is 360 Å². The van der Waals surface area contributed by atoms with Gasteiger partial charge in [0.05, 0.1) is 5.69 Å². The normalized spacial score (nSPS) is 11.9. The van der Waals surface area contributed by atoms with Crippen molar-refractivity contribution in [2.24, 2.45) is 0 Å². The zero-order chi connectivity index (χ0) is 40.7. The summed E-state index contributed by atoms with van der Waals surface area (Å²) in [7, 11) is 0. The lowest BCUT2D eigenvalue weighted by Gasteiger charge is -2.28. The second-order valence-corrected chi connectivity index (χ2v) is 17.1. The van der Waals surface area contributed by atoms with Gasteiger partial charge in [0.2, 0.25) is 0 Å². The third kappa shape index (κ3) is 5.51. The highest BCUT2D eigenvalue weighted by atomic mass is 32.1. The summed E-state index contributed by atoms with van der Waals surface area (Å²) >= 11 is 1.87. The summed E-state index contributed by atoms with van der Waals surface area (Å²) in [5.74, 6) is 0. The van der Waals surface area contributed by atoms with E-state index in [9.17, 15) is 0 Å². The highest BCUT2D eigenvalue weighted by molar-refractivity contribution is 7.26. The zero-order valence-electron chi connectivity index (χ0n) is 33.4. The molecule has 62 heavy (non-hydrogen) atoms. The van der Waals surface area contributed by atoms with Crippen LogP contribution in [0.15, 0.2) is 221 Å². The molecule has 0 aliphatic rings. The molecule has 0 radical (unpaired) electrons. The monoisotopic (exact) mass is 809 g/mol. The molecule has 0 aliphatic carbocycles. The molecule has 3 heterocycles. The van der Waals surface area contributed by atoms with Gasteiger partial charge in [0, 0.05) is 58.7 Å². The minimum atomic E-state index is 0.883. The Morgan fingerprint density at radius 3 is 1.74 bits per heavy atom. The first kappa shape index (κ1) is 34.9. The summed E-state index contributed by atoms with van der Waals surface area (Å²) in [6.07, 6.45) is 0. The maximum Gasteiger partial charge on any atom is 0.136 e. The van der Waals surface area contributed by atoms with Crippen LogP contribution in [0.4, 0.5) is 17.1 Å². The van der Waals surface area contributed by atoms with Crippen LogP contribution in [0.2, 0.25) is 0 Å². The van der Waals surface area contributed by atoms with Gasteiger partial charge in [0.25, 0.3) is 0 Å². The Balaban J connectivity index is 0.965. The first-order chi connectivity index (χ1) is 30.7. The Morgan fingerprint density at radius 1 is 0.339 bits per heavy atom. The van der Waals surface area contributed by atoms with Crippen molar-refractivity contribution in [3.8, 4) is 33.4 Å². The average molecular weight is 810 g/mol. The molecule has 10 aromatic carbocycles. The van der Waals surface area contributed by atoms with Crippen molar-refractivity contribution in [1.29, 1.82) is 0 Å². The summed E-state index contributed by atoms with van der Waals surface area (Å²) in [4.78, 5) is 2.39. The molecule has 0 N–H and O–H groups in total. The molecule has 13 aromatic rings. The second kappa shape index (κ2) is 13.8. The molecule has 3 aromatic heterocycles. The molecule has 290 valence electrons. The zero-order valence-corrected chi connectivity index (χ0v) is 34.2. The molecular formula is C58H35NO2S. The van der Waals surface area contributed by atoms with Crippen LogP contribution in [0.3, 0.4) is 0 Å². The van der Waals surface area contributed by atoms with Crippen LogP contribution in [0, 0.1) is 0 Å². The summed E-state index contributed by atoms with van der Waals surface area (Å²) in [5.41, 5.74) is 13.8. The molecule has 3 nitrogen and oxygen atoms in total. The van der Waals surface area contributed by atoms with Gasteiger partial charge in [-0.2, -0.15) is 0 Å². The fourth-order valence-electron chi connectivity index (χ4n) is 9.54. The van der Waals surface area contributed by atoms with E-state index in [-0.39, 0.29) is 0 Å². The molecule has 0 aliphatic heterocycles. The maximum atomic E-state index is 6.44. The first-order valence-electron chi connectivity index (χ1n) is 21.0. The molecule has 0 spiro atoms. The number of fused-ring (bicyclic) bond motifs is 10. The molecule has 0 atom stereocenters. The van der Waals surface area contributed by atoms with E-state index >= 15 is 0 Å². The van der Waals surface area contributed by atoms with Gasteiger partial charge in [0.1, 0.15) is 22.3 Å². The van der Waals surface area contributed by atoms with Crippen LogP contribution in [0.5, 0.6) is 0 Å². The fourth-order valence-corrected chi connectivity index (χ4v) is 10.8. The van der Waals surface area contributed by atoms with Crippen LogP contribution in [0.25, 0.3) is 108 Å². The summed E-state index contributed by atoms with van der Waals surface area (Å²) in [5, 5.41) is 9.48. The number of hydrogen-bond acceptors (Lipinski definition) is 4. The quantitative estimate of drug-likeness (QED) is 0.168.